The molecule has 0 bridgehead atoms. The SMILES string of the molecule is NC(=S)c1cc(F)ccc1CN(CC1CC1)C1CC1. The summed E-state index contributed by atoms with van der Waals surface area (Å²) in [5.41, 5.74) is 7.46. The Kier molecular flexibility index (Phi) is 3.54. The van der Waals surface area contributed by atoms with Crippen molar-refractivity contribution in [1.29, 1.82) is 0 Å². The van der Waals surface area contributed by atoms with Crippen LogP contribution in [-0.2, 0) is 6.54 Å². The summed E-state index contributed by atoms with van der Waals surface area (Å²) in [4.78, 5) is 2.81. The quantitative estimate of drug-likeness (QED) is 0.811. The van der Waals surface area contributed by atoms with Gasteiger partial charge < -0.3 is 5.73 Å². The lowest BCUT2D eigenvalue weighted by atomic mass is 10.1. The largest absolute Gasteiger partial charge is 0.389 e. The summed E-state index contributed by atoms with van der Waals surface area (Å²) in [7, 11) is 0. The van der Waals surface area contributed by atoms with Crippen molar-refractivity contribution in [1.82, 2.24) is 4.90 Å². The van der Waals surface area contributed by atoms with Crippen molar-refractivity contribution < 1.29 is 4.39 Å². The fourth-order valence-corrected chi connectivity index (χ4v) is 2.74. The van der Waals surface area contributed by atoms with Crippen molar-refractivity contribution in [2.75, 3.05) is 6.54 Å². The Balaban J connectivity index is 1.78. The van der Waals surface area contributed by atoms with E-state index in [9.17, 15) is 4.39 Å². The molecular weight excluding hydrogens is 259 g/mol. The lowest BCUT2D eigenvalue weighted by Gasteiger charge is -2.23. The van der Waals surface area contributed by atoms with Crippen LogP contribution in [-0.4, -0.2) is 22.5 Å². The highest BCUT2D eigenvalue weighted by Gasteiger charge is 2.33. The van der Waals surface area contributed by atoms with Crippen LogP contribution in [0.4, 0.5) is 4.39 Å². The van der Waals surface area contributed by atoms with E-state index in [1.54, 1.807) is 0 Å². The van der Waals surface area contributed by atoms with Gasteiger partial charge in [0.25, 0.3) is 0 Å². The van der Waals surface area contributed by atoms with Gasteiger partial charge in [-0.15, -0.1) is 0 Å². The van der Waals surface area contributed by atoms with Crippen molar-refractivity contribution in [3.05, 3.63) is 35.1 Å². The average Bonchev–Trinajstić information content (AvgIpc) is 3.24. The summed E-state index contributed by atoms with van der Waals surface area (Å²) >= 11 is 5.04. The number of nitrogens with zero attached hydrogens (tertiary/aromatic N) is 1. The van der Waals surface area contributed by atoms with Gasteiger partial charge in [-0.2, -0.15) is 0 Å². The molecule has 2 saturated carbocycles. The molecule has 19 heavy (non-hydrogen) atoms. The van der Waals surface area contributed by atoms with Crippen LogP contribution >= 0.6 is 12.2 Å². The molecule has 1 aromatic rings. The first-order chi connectivity index (χ1) is 9.13. The molecule has 2 fully saturated rings. The Morgan fingerprint density at radius 2 is 2.05 bits per heavy atom. The maximum absolute atomic E-state index is 13.3. The van der Waals surface area contributed by atoms with Crippen LogP contribution in [0, 0.1) is 11.7 Å². The Morgan fingerprint density at radius 3 is 2.63 bits per heavy atom. The van der Waals surface area contributed by atoms with Crippen molar-refractivity contribution >= 4 is 17.2 Å². The molecule has 0 aromatic heterocycles. The van der Waals surface area contributed by atoms with E-state index >= 15 is 0 Å². The predicted octanol–water partition coefficient (Wildman–Crippen LogP) is 2.83. The summed E-state index contributed by atoms with van der Waals surface area (Å²) in [6, 6.07) is 5.50. The summed E-state index contributed by atoms with van der Waals surface area (Å²) in [6.45, 7) is 2.01. The second-order valence-electron chi connectivity index (χ2n) is 5.77. The first kappa shape index (κ1) is 13.0. The number of hydrogen-bond acceptors (Lipinski definition) is 2. The van der Waals surface area contributed by atoms with Crippen molar-refractivity contribution in [2.24, 2.45) is 11.7 Å². The molecule has 102 valence electrons. The molecule has 0 amide bonds. The Morgan fingerprint density at radius 1 is 1.32 bits per heavy atom. The molecule has 0 unspecified atom stereocenters. The van der Waals surface area contributed by atoms with Crippen molar-refractivity contribution in [3.63, 3.8) is 0 Å². The molecular formula is C15H19FN2S. The Hall–Kier alpha value is -1.00. The molecule has 0 atom stereocenters. The summed E-state index contributed by atoms with van der Waals surface area (Å²) in [5.74, 6) is 0.598. The van der Waals surface area contributed by atoms with Gasteiger partial charge in [-0.05, 0) is 49.3 Å². The zero-order chi connectivity index (χ0) is 13.4. The Labute approximate surface area is 118 Å². The average molecular weight is 278 g/mol. The van der Waals surface area contributed by atoms with Crippen LogP contribution < -0.4 is 5.73 Å². The van der Waals surface area contributed by atoms with Crippen LogP contribution in [0.1, 0.15) is 36.8 Å². The molecule has 3 rings (SSSR count). The third kappa shape index (κ3) is 3.31. The van der Waals surface area contributed by atoms with E-state index in [1.165, 1.54) is 44.4 Å². The fraction of sp³-hybridized carbons (Fsp3) is 0.533. The van der Waals surface area contributed by atoms with Gasteiger partial charge in [-0.25, -0.2) is 4.39 Å². The highest BCUT2D eigenvalue weighted by molar-refractivity contribution is 7.80. The number of hydrogen-bond donors (Lipinski definition) is 1. The third-order valence-electron chi connectivity index (χ3n) is 3.96. The van der Waals surface area contributed by atoms with Gasteiger partial charge in [0.1, 0.15) is 10.8 Å². The van der Waals surface area contributed by atoms with Gasteiger partial charge in [0.15, 0.2) is 0 Å². The zero-order valence-corrected chi connectivity index (χ0v) is 11.8. The highest BCUT2D eigenvalue weighted by atomic mass is 32.1. The maximum atomic E-state index is 13.3. The first-order valence-corrected chi connectivity index (χ1v) is 7.36. The molecule has 0 spiro atoms. The zero-order valence-electron chi connectivity index (χ0n) is 10.9. The number of thiocarbonyl (C=S) groups is 1. The van der Waals surface area contributed by atoms with E-state index in [0.717, 1.165) is 18.0 Å². The van der Waals surface area contributed by atoms with Gasteiger partial charge in [-0.1, -0.05) is 18.3 Å². The van der Waals surface area contributed by atoms with Crippen LogP contribution in [0.3, 0.4) is 0 Å². The van der Waals surface area contributed by atoms with Crippen LogP contribution in [0.15, 0.2) is 18.2 Å². The van der Waals surface area contributed by atoms with Gasteiger partial charge in [-0.3, -0.25) is 4.90 Å². The molecule has 0 saturated heterocycles. The lowest BCUT2D eigenvalue weighted by Crippen LogP contribution is -2.29. The van der Waals surface area contributed by atoms with Gasteiger partial charge in [0, 0.05) is 24.7 Å². The second kappa shape index (κ2) is 5.17. The minimum Gasteiger partial charge on any atom is -0.389 e. The third-order valence-corrected chi connectivity index (χ3v) is 4.18. The summed E-state index contributed by atoms with van der Waals surface area (Å²) in [6.07, 6.45) is 5.29. The normalized spacial score (nSPS) is 18.8. The smallest absolute Gasteiger partial charge is 0.123 e. The molecule has 0 heterocycles. The van der Waals surface area contributed by atoms with Crippen molar-refractivity contribution in [2.45, 2.75) is 38.3 Å². The number of nitrogens with two attached hydrogens (primary N) is 1. The van der Waals surface area contributed by atoms with Gasteiger partial charge in [0.05, 0.1) is 0 Å². The monoisotopic (exact) mass is 278 g/mol. The molecule has 0 radical (unpaired) electrons. The number of benzene rings is 1. The summed E-state index contributed by atoms with van der Waals surface area (Å²) in [5, 5.41) is 0. The molecule has 1 aromatic carbocycles. The molecule has 0 aliphatic heterocycles. The fourth-order valence-electron chi connectivity index (χ4n) is 2.55. The standard InChI is InChI=1S/C15H19FN2S/c16-12-4-3-11(14(7-12)15(17)19)9-18(13-5-6-13)8-10-1-2-10/h3-4,7,10,13H,1-2,5-6,8-9H2,(H2,17,19). The number of halogens is 1. The van der Waals surface area contributed by atoms with Crippen molar-refractivity contribution in [3.8, 4) is 0 Å². The lowest BCUT2D eigenvalue weighted by molar-refractivity contribution is 0.244. The second-order valence-corrected chi connectivity index (χ2v) is 6.21. The van der Waals surface area contributed by atoms with Gasteiger partial charge in [0.2, 0.25) is 0 Å². The number of rotatable bonds is 6. The van der Waals surface area contributed by atoms with E-state index < -0.39 is 0 Å². The summed E-state index contributed by atoms with van der Waals surface area (Å²) < 4.78 is 13.3. The van der Waals surface area contributed by atoms with E-state index in [1.807, 2.05) is 6.07 Å². The Bertz CT molecular complexity index is 495. The van der Waals surface area contributed by atoms with Crippen LogP contribution in [0.2, 0.25) is 0 Å². The molecule has 2 N–H and O–H groups in total. The maximum Gasteiger partial charge on any atom is 0.123 e. The van der Waals surface area contributed by atoms with Gasteiger partial charge >= 0.3 is 0 Å². The highest BCUT2D eigenvalue weighted by Crippen LogP contribution is 2.35. The molecule has 2 aliphatic carbocycles. The topological polar surface area (TPSA) is 29.3 Å². The van der Waals surface area contributed by atoms with E-state index in [2.05, 4.69) is 4.90 Å². The minimum absolute atomic E-state index is 0.272. The predicted molar refractivity (Wildman–Crippen MR) is 78.4 cm³/mol. The van der Waals surface area contributed by atoms with E-state index in [-0.39, 0.29) is 10.8 Å². The van der Waals surface area contributed by atoms with E-state index in [4.69, 9.17) is 18.0 Å². The minimum atomic E-state index is -0.272. The van der Waals surface area contributed by atoms with Crippen LogP contribution in [0.25, 0.3) is 0 Å². The molecule has 4 heteroatoms. The van der Waals surface area contributed by atoms with Crippen LogP contribution in [0.5, 0.6) is 0 Å². The van der Waals surface area contributed by atoms with E-state index in [0.29, 0.717) is 11.6 Å². The molecule has 2 nitrogen and oxygen atoms in total. The first-order valence-electron chi connectivity index (χ1n) is 6.96. The molecule has 2 aliphatic rings.